The second-order valence-electron chi connectivity index (χ2n) is 5.17. The molecular formula is C15H15N5O3. The highest BCUT2D eigenvalue weighted by atomic mass is 16.5. The third kappa shape index (κ3) is 2.48. The van der Waals surface area contributed by atoms with Crippen LogP contribution < -0.4 is 5.56 Å². The number of ether oxygens (including phenoxy) is 1. The van der Waals surface area contributed by atoms with Gasteiger partial charge >= 0.3 is 5.97 Å². The molecule has 1 atom stereocenters. The number of aryl methyl sites for hydroxylation is 1. The summed E-state index contributed by atoms with van der Waals surface area (Å²) in [5.41, 5.74) is 1.82. The summed E-state index contributed by atoms with van der Waals surface area (Å²) in [6.07, 6.45) is 1.31. The molecule has 0 unspecified atom stereocenters. The van der Waals surface area contributed by atoms with Gasteiger partial charge in [-0.25, -0.2) is 9.78 Å². The average Bonchev–Trinajstić information content (AvgIpc) is 2.99. The fourth-order valence-electron chi connectivity index (χ4n) is 2.32. The van der Waals surface area contributed by atoms with Crippen molar-refractivity contribution in [3.05, 3.63) is 46.5 Å². The molecule has 3 aromatic rings. The molecule has 0 radical (unpaired) electrons. The van der Waals surface area contributed by atoms with E-state index in [1.54, 1.807) is 6.92 Å². The number of fused-ring (bicyclic) bond motifs is 1. The molecule has 0 fully saturated rings. The van der Waals surface area contributed by atoms with Crippen molar-refractivity contribution in [2.75, 3.05) is 7.11 Å². The molecule has 8 nitrogen and oxygen atoms in total. The van der Waals surface area contributed by atoms with Gasteiger partial charge in [0.05, 0.1) is 12.8 Å². The molecule has 0 saturated heterocycles. The minimum Gasteiger partial charge on any atom is -0.467 e. The summed E-state index contributed by atoms with van der Waals surface area (Å²) in [6, 6.07) is 6.83. The maximum atomic E-state index is 12.5. The van der Waals surface area contributed by atoms with Crippen LogP contribution in [0.1, 0.15) is 18.5 Å². The van der Waals surface area contributed by atoms with E-state index in [0.717, 1.165) is 11.3 Å². The molecule has 2 aromatic heterocycles. The van der Waals surface area contributed by atoms with Gasteiger partial charge in [-0.3, -0.25) is 9.36 Å². The monoisotopic (exact) mass is 313 g/mol. The molecule has 0 N–H and O–H groups in total. The molecule has 23 heavy (non-hydrogen) atoms. The lowest BCUT2D eigenvalue weighted by Crippen LogP contribution is -2.29. The van der Waals surface area contributed by atoms with E-state index in [-0.39, 0.29) is 5.52 Å². The van der Waals surface area contributed by atoms with Crippen molar-refractivity contribution in [1.29, 1.82) is 0 Å². The zero-order valence-electron chi connectivity index (χ0n) is 12.9. The quantitative estimate of drug-likeness (QED) is 0.670. The molecular weight excluding hydrogens is 298 g/mol. The van der Waals surface area contributed by atoms with Crippen LogP contribution >= 0.6 is 0 Å². The first-order chi connectivity index (χ1) is 11.0. The first kappa shape index (κ1) is 14.9. The van der Waals surface area contributed by atoms with Crippen molar-refractivity contribution >= 4 is 17.1 Å². The van der Waals surface area contributed by atoms with Crippen LogP contribution in [0.25, 0.3) is 16.9 Å². The minimum atomic E-state index is -0.784. The van der Waals surface area contributed by atoms with Crippen molar-refractivity contribution < 1.29 is 9.53 Å². The van der Waals surface area contributed by atoms with Crippen molar-refractivity contribution in [1.82, 2.24) is 24.5 Å². The highest BCUT2D eigenvalue weighted by Gasteiger charge is 2.20. The minimum absolute atomic E-state index is 0.102. The van der Waals surface area contributed by atoms with Crippen LogP contribution in [0.5, 0.6) is 0 Å². The third-order valence-electron chi connectivity index (χ3n) is 3.59. The lowest BCUT2D eigenvalue weighted by atomic mass is 10.2. The van der Waals surface area contributed by atoms with Gasteiger partial charge in [-0.2, -0.15) is 4.68 Å². The van der Waals surface area contributed by atoms with Crippen LogP contribution in [0, 0.1) is 6.92 Å². The summed E-state index contributed by atoms with van der Waals surface area (Å²) < 4.78 is 7.33. The lowest BCUT2D eigenvalue weighted by Gasteiger charge is -2.11. The first-order valence-electron chi connectivity index (χ1n) is 7.00. The van der Waals surface area contributed by atoms with Gasteiger partial charge in [0.15, 0.2) is 11.2 Å². The molecule has 0 saturated carbocycles. The SMILES string of the molecule is COC(=O)[C@@H](C)n1cnc2c(nnn2-c2cccc(C)c2)c1=O. The second kappa shape index (κ2) is 5.64. The van der Waals surface area contributed by atoms with Crippen LogP contribution in [0.3, 0.4) is 0 Å². The van der Waals surface area contributed by atoms with Crippen molar-refractivity contribution in [3.8, 4) is 5.69 Å². The van der Waals surface area contributed by atoms with E-state index in [1.165, 1.54) is 22.7 Å². The Labute approximate surface area is 131 Å². The Hall–Kier alpha value is -3.03. The Bertz CT molecular complexity index is 944. The molecule has 118 valence electrons. The predicted octanol–water partition coefficient (Wildman–Crippen LogP) is 1.02. The molecule has 0 aliphatic rings. The molecule has 0 aliphatic carbocycles. The van der Waals surface area contributed by atoms with E-state index in [2.05, 4.69) is 20.0 Å². The summed E-state index contributed by atoms with van der Waals surface area (Å²) in [5, 5.41) is 7.93. The van der Waals surface area contributed by atoms with Gasteiger partial charge in [0.1, 0.15) is 12.4 Å². The highest BCUT2D eigenvalue weighted by molar-refractivity contribution is 5.75. The Balaban J connectivity index is 2.15. The standard InChI is InChI=1S/C15H15N5O3/c1-9-5-4-6-11(7-9)20-13-12(17-18-20)14(21)19(8-16-13)10(2)15(22)23-3/h4-8,10H,1-3H3/t10-/m1/s1. The number of carbonyl (C=O) groups excluding carboxylic acids is 1. The molecule has 3 rings (SSSR count). The van der Waals surface area contributed by atoms with Crippen LogP contribution in [0.15, 0.2) is 35.4 Å². The maximum Gasteiger partial charge on any atom is 0.328 e. The van der Waals surface area contributed by atoms with Gasteiger partial charge in [-0.15, -0.1) is 5.10 Å². The van der Waals surface area contributed by atoms with Gasteiger partial charge in [-0.1, -0.05) is 17.3 Å². The zero-order chi connectivity index (χ0) is 16.6. The fraction of sp³-hybridized carbons (Fsp3) is 0.267. The molecule has 8 heteroatoms. The van der Waals surface area contributed by atoms with Crippen LogP contribution in [-0.4, -0.2) is 37.6 Å². The maximum absolute atomic E-state index is 12.5. The number of hydrogen-bond acceptors (Lipinski definition) is 6. The summed E-state index contributed by atoms with van der Waals surface area (Å²) in [4.78, 5) is 28.4. The Kier molecular flexibility index (Phi) is 3.65. The number of carbonyl (C=O) groups is 1. The summed E-state index contributed by atoms with van der Waals surface area (Å²) in [6.45, 7) is 3.52. The topological polar surface area (TPSA) is 91.9 Å². The number of esters is 1. The van der Waals surface area contributed by atoms with E-state index in [1.807, 2.05) is 31.2 Å². The normalized spacial score (nSPS) is 12.3. The van der Waals surface area contributed by atoms with E-state index in [4.69, 9.17) is 0 Å². The molecule has 1 aromatic carbocycles. The largest absolute Gasteiger partial charge is 0.467 e. The van der Waals surface area contributed by atoms with Gasteiger partial charge in [0.25, 0.3) is 5.56 Å². The first-order valence-corrected chi connectivity index (χ1v) is 7.00. The Morgan fingerprint density at radius 3 is 2.83 bits per heavy atom. The van der Waals surface area contributed by atoms with Gasteiger partial charge in [0.2, 0.25) is 0 Å². The van der Waals surface area contributed by atoms with Crippen LogP contribution in [0.4, 0.5) is 0 Å². The van der Waals surface area contributed by atoms with E-state index in [9.17, 15) is 9.59 Å². The van der Waals surface area contributed by atoms with Gasteiger partial charge in [0, 0.05) is 0 Å². The molecule has 2 heterocycles. The van der Waals surface area contributed by atoms with Crippen molar-refractivity contribution in [3.63, 3.8) is 0 Å². The van der Waals surface area contributed by atoms with Crippen LogP contribution in [0.2, 0.25) is 0 Å². The number of nitrogens with zero attached hydrogens (tertiary/aromatic N) is 5. The fourth-order valence-corrected chi connectivity index (χ4v) is 2.32. The molecule has 0 bridgehead atoms. The smallest absolute Gasteiger partial charge is 0.328 e. The van der Waals surface area contributed by atoms with Gasteiger partial charge < -0.3 is 4.74 Å². The van der Waals surface area contributed by atoms with Gasteiger partial charge in [-0.05, 0) is 31.5 Å². The van der Waals surface area contributed by atoms with E-state index >= 15 is 0 Å². The van der Waals surface area contributed by atoms with Crippen LogP contribution in [-0.2, 0) is 9.53 Å². The summed E-state index contributed by atoms with van der Waals surface area (Å²) in [7, 11) is 1.27. The van der Waals surface area contributed by atoms with E-state index in [0.29, 0.717) is 5.65 Å². The zero-order valence-corrected chi connectivity index (χ0v) is 12.9. The molecule has 0 spiro atoms. The van der Waals surface area contributed by atoms with Crippen molar-refractivity contribution in [2.45, 2.75) is 19.9 Å². The number of methoxy groups -OCH3 is 1. The third-order valence-corrected chi connectivity index (χ3v) is 3.59. The summed E-state index contributed by atoms with van der Waals surface area (Å²) >= 11 is 0. The number of aromatic nitrogens is 5. The number of hydrogen-bond donors (Lipinski definition) is 0. The highest BCUT2D eigenvalue weighted by Crippen LogP contribution is 2.14. The molecule has 0 amide bonds. The second-order valence-corrected chi connectivity index (χ2v) is 5.17. The number of rotatable bonds is 3. The van der Waals surface area contributed by atoms with E-state index < -0.39 is 17.6 Å². The Morgan fingerprint density at radius 1 is 1.35 bits per heavy atom. The average molecular weight is 313 g/mol. The summed E-state index contributed by atoms with van der Waals surface area (Å²) in [5.74, 6) is -0.528. The number of benzene rings is 1. The molecule has 0 aliphatic heterocycles. The van der Waals surface area contributed by atoms with Crippen molar-refractivity contribution in [2.24, 2.45) is 0 Å². The Morgan fingerprint density at radius 2 is 2.13 bits per heavy atom. The predicted molar refractivity (Wildman–Crippen MR) is 82.4 cm³/mol. The lowest BCUT2D eigenvalue weighted by molar-refractivity contribution is -0.144.